The zero-order valence-electron chi connectivity index (χ0n) is 17.3. The molecule has 2 aliphatic heterocycles. The Hall–Kier alpha value is -2.40. The third-order valence-corrected chi connectivity index (χ3v) is 6.36. The van der Waals surface area contributed by atoms with Gasteiger partial charge in [0.25, 0.3) is 0 Å². The van der Waals surface area contributed by atoms with Gasteiger partial charge in [0.15, 0.2) is 0 Å². The molecule has 2 aromatic rings. The number of hydrogen-bond acceptors (Lipinski definition) is 4. The summed E-state index contributed by atoms with van der Waals surface area (Å²) in [7, 11) is 1.68. The number of amides is 1. The summed E-state index contributed by atoms with van der Waals surface area (Å²) in [5.74, 6) is 1.69. The minimum absolute atomic E-state index is 0.220. The normalized spacial score (nSPS) is 20.7. The van der Waals surface area contributed by atoms with Gasteiger partial charge in [-0.1, -0.05) is 18.2 Å². The van der Waals surface area contributed by atoms with Gasteiger partial charge in [0.1, 0.15) is 5.75 Å². The van der Waals surface area contributed by atoms with Crippen molar-refractivity contribution in [2.45, 2.75) is 44.7 Å². The Bertz CT molecular complexity index is 786. The van der Waals surface area contributed by atoms with Gasteiger partial charge in [0.2, 0.25) is 5.91 Å². The fourth-order valence-electron chi connectivity index (χ4n) is 4.67. The van der Waals surface area contributed by atoms with E-state index in [4.69, 9.17) is 4.74 Å². The maximum atomic E-state index is 13.1. The summed E-state index contributed by atoms with van der Waals surface area (Å²) in [6.07, 6.45) is 6.88. The Morgan fingerprint density at radius 3 is 2.55 bits per heavy atom. The van der Waals surface area contributed by atoms with Crippen molar-refractivity contribution < 1.29 is 9.53 Å². The van der Waals surface area contributed by atoms with E-state index in [2.05, 4.69) is 33.0 Å². The lowest BCUT2D eigenvalue weighted by Gasteiger charge is -2.33. The molecule has 5 heteroatoms. The number of pyridine rings is 1. The van der Waals surface area contributed by atoms with Crippen LogP contribution in [0.1, 0.15) is 49.4 Å². The molecule has 0 radical (unpaired) electrons. The molecule has 1 aromatic heterocycles. The van der Waals surface area contributed by atoms with Crippen molar-refractivity contribution in [2.75, 3.05) is 26.7 Å². The first kappa shape index (κ1) is 19.9. The molecule has 154 valence electrons. The number of aromatic nitrogens is 1. The molecule has 2 fully saturated rings. The number of piperidine rings is 1. The second-order valence-electron chi connectivity index (χ2n) is 8.26. The van der Waals surface area contributed by atoms with Crippen LogP contribution in [-0.4, -0.2) is 47.4 Å². The first-order chi connectivity index (χ1) is 14.2. The van der Waals surface area contributed by atoms with E-state index in [-0.39, 0.29) is 6.04 Å². The molecule has 0 aliphatic carbocycles. The Morgan fingerprint density at radius 2 is 1.86 bits per heavy atom. The Morgan fingerprint density at radius 1 is 1.07 bits per heavy atom. The van der Waals surface area contributed by atoms with Crippen LogP contribution in [0.2, 0.25) is 0 Å². The lowest BCUT2D eigenvalue weighted by Crippen LogP contribution is -2.37. The number of benzene rings is 1. The lowest BCUT2D eigenvalue weighted by atomic mass is 9.92. The molecule has 1 atom stereocenters. The van der Waals surface area contributed by atoms with E-state index in [0.717, 1.165) is 63.3 Å². The van der Waals surface area contributed by atoms with Gasteiger partial charge in [0.05, 0.1) is 18.8 Å². The quantitative estimate of drug-likeness (QED) is 0.743. The number of nitrogens with zero attached hydrogens (tertiary/aromatic N) is 3. The van der Waals surface area contributed by atoms with Crippen molar-refractivity contribution in [1.82, 2.24) is 14.8 Å². The third kappa shape index (κ3) is 4.96. The molecule has 2 saturated heterocycles. The monoisotopic (exact) mass is 393 g/mol. The summed E-state index contributed by atoms with van der Waals surface area (Å²) >= 11 is 0. The Labute approximate surface area is 173 Å². The zero-order chi connectivity index (χ0) is 20.1. The average Bonchev–Trinajstić information content (AvgIpc) is 3.26. The summed E-state index contributed by atoms with van der Waals surface area (Å²) in [5, 5.41) is 0. The van der Waals surface area contributed by atoms with Crippen LogP contribution in [0.5, 0.6) is 5.75 Å². The third-order valence-electron chi connectivity index (χ3n) is 6.36. The van der Waals surface area contributed by atoms with Gasteiger partial charge in [-0.05, 0) is 74.5 Å². The van der Waals surface area contributed by atoms with Crippen LogP contribution in [0.3, 0.4) is 0 Å². The predicted octanol–water partition coefficient (Wildman–Crippen LogP) is 4.06. The minimum atomic E-state index is 0.220. The fraction of sp³-hybridized carbons (Fsp3) is 0.500. The first-order valence-electron chi connectivity index (χ1n) is 10.8. The smallest absolute Gasteiger partial charge is 0.223 e. The van der Waals surface area contributed by atoms with Crippen LogP contribution in [0.25, 0.3) is 0 Å². The van der Waals surface area contributed by atoms with Crippen LogP contribution in [0, 0.1) is 5.92 Å². The molecule has 1 aromatic carbocycles. The topological polar surface area (TPSA) is 45.7 Å². The summed E-state index contributed by atoms with van der Waals surface area (Å²) in [6.45, 7) is 3.90. The molecule has 0 bridgehead atoms. The van der Waals surface area contributed by atoms with Crippen molar-refractivity contribution in [3.63, 3.8) is 0 Å². The molecule has 0 N–H and O–H groups in total. The number of carbonyl (C=O) groups excluding carboxylic acids is 1. The zero-order valence-corrected chi connectivity index (χ0v) is 17.3. The van der Waals surface area contributed by atoms with Crippen molar-refractivity contribution in [3.05, 3.63) is 59.9 Å². The summed E-state index contributed by atoms with van der Waals surface area (Å²) in [5.41, 5.74) is 2.35. The van der Waals surface area contributed by atoms with E-state index >= 15 is 0 Å². The van der Waals surface area contributed by atoms with Gasteiger partial charge >= 0.3 is 0 Å². The highest BCUT2D eigenvalue weighted by molar-refractivity contribution is 5.77. The SMILES string of the molecule is COc1ccc([C@@H]2CCCN2C(=O)CC2CCN(Cc3ccccn3)CC2)cc1. The highest BCUT2D eigenvalue weighted by Crippen LogP contribution is 2.34. The van der Waals surface area contributed by atoms with Crippen LogP contribution < -0.4 is 4.74 Å². The van der Waals surface area contributed by atoms with E-state index in [1.807, 2.05) is 30.5 Å². The Kier molecular flexibility index (Phi) is 6.45. The largest absolute Gasteiger partial charge is 0.497 e. The van der Waals surface area contributed by atoms with Gasteiger partial charge in [-0.2, -0.15) is 0 Å². The molecule has 3 heterocycles. The van der Waals surface area contributed by atoms with Crippen LogP contribution in [0.15, 0.2) is 48.7 Å². The number of likely N-dealkylation sites (tertiary alicyclic amines) is 2. The predicted molar refractivity (Wildman–Crippen MR) is 114 cm³/mol. The van der Waals surface area contributed by atoms with E-state index in [9.17, 15) is 4.79 Å². The van der Waals surface area contributed by atoms with Crippen LogP contribution in [0.4, 0.5) is 0 Å². The highest BCUT2D eigenvalue weighted by atomic mass is 16.5. The maximum Gasteiger partial charge on any atom is 0.223 e. The molecule has 1 amide bonds. The Balaban J connectivity index is 1.28. The maximum absolute atomic E-state index is 13.1. The second kappa shape index (κ2) is 9.40. The van der Waals surface area contributed by atoms with Crippen molar-refractivity contribution in [2.24, 2.45) is 5.92 Å². The number of carbonyl (C=O) groups is 1. The molecule has 0 spiro atoms. The standard InChI is InChI=1S/C24H31N3O2/c1-29-22-9-7-20(8-10-22)23-6-4-14-27(23)24(28)17-19-11-15-26(16-12-19)18-21-5-2-3-13-25-21/h2-3,5,7-10,13,19,23H,4,6,11-12,14-18H2,1H3/t23-/m0/s1. The van der Waals surface area contributed by atoms with E-state index in [1.165, 1.54) is 5.56 Å². The van der Waals surface area contributed by atoms with E-state index < -0.39 is 0 Å². The first-order valence-corrected chi connectivity index (χ1v) is 10.8. The average molecular weight is 394 g/mol. The summed E-state index contributed by atoms with van der Waals surface area (Å²) in [4.78, 5) is 22.1. The molecule has 2 aliphatic rings. The highest BCUT2D eigenvalue weighted by Gasteiger charge is 2.32. The van der Waals surface area contributed by atoms with Crippen LogP contribution >= 0.6 is 0 Å². The molecule has 0 unspecified atom stereocenters. The molecule has 29 heavy (non-hydrogen) atoms. The minimum Gasteiger partial charge on any atom is -0.497 e. The van der Waals surface area contributed by atoms with Gasteiger partial charge in [0, 0.05) is 25.7 Å². The molecular weight excluding hydrogens is 362 g/mol. The van der Waals surface area contributed by atoms with Crippen molar-refractivity contribution in [1.29, 1.82) is 0 Å². The van der Waals surface area contributed by atoms with Gasteiger partial charge in [-0.3, -0.25) is 14.7 Å². The molecule has 4 rings (SSSR count). The fourth-order valence-corrected chi connectivity index (χ4v) is 4.67. The number of methoxy groups -OCH3 is 1. The molecule has 5 nitrogen and oxygen atoms in total. The van der Waals surface area contributed by atoms with Crippen molar-refractivity contribution >= 4 is 5.91 Å². The molecular formula is C24H31N3O2. The number of hydrogen-bond donors (Lipinski definition) is 0. The van der Waals surface area contributed by atoms with E-state index in [1.54, 1.807) is 7.11 Å². The summed E-state index contributed by atoms with van der Waals surface area (Å²) in [6, 6.07) is 14.5. The number of rotatable bonds is 6. The van der Waals surface area contributed by atoms with E-state index in [0.29, 0.717) is 18.2 Å². The van der Waals surface area contributed by atoms with Crippen LogP contribution in [-0.2, 0) is 11.3 Å². The van der Waals surface area contributed by atoms with Gasteiger partial charge < -0.3 is 9.64 Å². The van der Waals surface area contributed by atoms with Gasteiger partial charge in [-0.25, -0.2) is 0 Å². The molecule has 0 saturated carbocycles. The number of ether oxygens (including phenoxy) is 1. The summed E-state index contributed by atoms with van der Waals surface area (Å²) < 4.78 is 5.26. The second-order valence-corrected chi connectivity index (χ2v) is 8.26. The van der Waals surface area contributed by atoms with Gasteiger partial charge in [-0.15, -0.1) is 0 Å². The lowest BCUT2D eigenvalue weighted by molar-refractivity contribution is -0.133. The van der Waals surface area contributed by atoms with Crippen molar-refractivity contribution in [3.8, 4) is 5.75 Å².